The van der Waals surface area contributed by atoms with Crippen LogP contribution in [-0.2, 0) is 0 Å². The molecular formula is C14H32N4S2. The summed E-state index contributed by atoms with van der Waals surface area (Å²) < 4.78 is 0. The van der Waals surface area contributed by atoms with E-state index in [-0.39, 0.29) is 0 Å². The van der Waals surface area contributed by atoms with Crippen LogP contribution in [0.25, 0.3) is 0 Å². The molecule has 0 aromatic heterocycles. The first-order valence-corrected chi connectivity index (χ1v) is 8.47. The number of hydrogen-bond donors (Lipinski definition) is 4. The van der Waals surface area contributed by atoms with Gasteiger partial charge in [0.1, 0.15) is 0 Å². The highest BCUT2D eigenvalue weighted by Crippen LogP contribution is 1.84. The lowest BCUT2D eigenvalue weighted by Crippen LogP contribution is -2.36. The summed E-state index contributed by atoms with van der Waals surface area (Å²) in [5.74, 6) is 0. The molecule has 0 heterocycles. The second-order valence-electron chi connectivity index (χ2n) is 4.28. The minimum Gasteiger partial charge on any atom is -0.363 e. The van der Waals surface area contributed by atoms with Gasteiger partial charge in [0.25, 0.3) is 0 Å². The third-order valence-corrected chi connectivity index (χ3v) is 2.88. The van der Waals surface area contributed by atoms with E-state index in [1.54, 1.807) is 0 Å². The maximum atomic E-state index is 5.06. The summed E-state index contributed by atoms with van der Waals surface area (Å²) in [7, 11) is 0. The van der Waals surface area contributed by atoms with Crippen LogP contribution in [0.5, 0.6) is 0 Å². The van der Waals surface area contributed by atoms with E-state index in [1.165, 1.54) is 25.7 Å². The Hall–Kier alpha value is -0.620. The fourth-order valence-corrected chi connectivity index (χ4v) is 1.70. The predicted molar refractivity (Wildman–Crippen MR) is 98.4 cm³/mol. The molecule has 0 aliphatic heterocycles. The van der Waals surface area contributed by atoms with Crippen molar-refractivity contribution in [3.05, 3.63) is 0 Å². The molecule has 0 spiro atoms. The van der Waals surface area contributed by atoms with E-state index in [0.29, 0.717) is 0 Å². The van der Waals surface area contributed by atoms with Crippen molar-refractivity contribution in [2.75, 3.05) is 26.2 Å². The van der Waals surface area contributed by atoms with Gasteiger partial charge in [-0.05, 0) is 51.1 Å². The van der Waals surface area contributed by atoms with E-state index in [1.807, 2.05) is 13.8 Å². The molecule has 0 amide bonds. The molecule has 0 saturated carbocycles. The average Bonchev–Trinajstić information content (AvgIpc) is 2.41. The molecular weight excluding hydrogens is 288 g/mol. The van der Waals surface area contributed by atoms with Crippen molar-refractivity contribution >= 4 is 34.7 Å². The summed E-state index contributed by atoms with van der Waals surface area (Å²) in [6.45, 7) is 12.2. The lowest BCUT2D eigenvalue weighted by atomic mass is 10.3. The predicted octanol–water partition coefficient (Wildman–Crippen LogP) is 2.54. The van der Waals surface area contributed by atoms with E-state index < -0.39 is 0 Å². The molecule has 4 N–H and O–H groups in total. The number of nitrogens with one attached hydrogen (secondary N) is 4. The van der Waals surface area contributed by atoms with Gasteiger partial charge in [0.2, 0.25) is 0 Å². The maximum Gasteiger partial charge on any atom is 0.166 e. The third-order valence-electron chi connectivity index (χ3n) is 2.31. The van der Waals surface area contributed by atoms with Crippen LogP contribution in [0.15, 0.2) is 0 Å². The lowest BCUT2D eigenvalue weighted by Gasteiger charge is -2.08. The van der Waals surface area contributed by atoms with Crippen molar-refractivity contribution in [3.8, 4) is 0 Å². The first kappa shape index (κ1) is 21.7. The standard InChI is InChI=1S/C9H20N2S.C5H12N2S/c1-3-5-7-10-9(12)11-8-6-4-2;1-3-6-5(8)7-4-2/h3-8H2,1-2H3,(H2,10,11,12);3-4H2,1-2H3,(H2,6,7,8). The second kappa shape index (κ2) is 18.4. The summed E-state index contributed by atoms with van der Waals surface area (Å²) in [6.07, 6.45) is 4.81. The van der Waals surface area contributed by atoms with E-state index >= 15 is 0 Å². The van der Waals surface area contributed by atoms with Crippen molar-refractivity contribution in [2.45, 2.75) is 53.4 Å². The monoisotopic (exact) mass is 320 g/mol. The van der Waals surface area contributed by atoms with Crippen LogP contribution in [0.4, 0.5) is 0 Å². The van der Waals surface area contributed by atoms with E-state index in [0.717, 1.165) is 36.4 Å². The van der Waals surface area contributed by atoms with Gasteiger partial charge in [-0.15, -0.1) is 0 Å². The van der Waals surface area contributed by atoms with Crippen LogP contribution in [-0.4, -0.2) is 36.4 Å². The SMILES string of the molecule is CCCCNC(=S)NCCCC.CCNC(=S)NCC. The fourth-order valence-electron chi connectivity index (χ4n) is 1.20. The van der Waals surface area contributed by atoms with Crippen molar-refractivity contribution in [1.29, 1.82) is 0 Å². The molecule has 0 radical (unpaired) electrons. The number of thiocarbonyl (C=S) groups is 2. The molecule has 0 aliphatic carbocycles. The molecule has 20 heavy (non-hydrogen) atoms. The highest BCUT2D eigenvalue weighted by Gasteiger charge is 1.91. The quantitative estimate of drug-likeness (QED) is 0.407. The Labute approximate surface area is 135 Å². The maximum absolute atomic E-state index is 5.06. The summed E-state index contributed by atoms with van der Waals surface area (Å²) >= 11 is 9.89. The topological polar surface area (TPSA) is 48.1 Å². The van der Waals surface area contributed by atoms with Crippen molar-refractivity contribution in [3.63, 3.8) is 0 Å². The smallest absolute Gasteiger partial charge is 0.166 e. The van der Waals surface area contributed by atoms with E-state index in [2.05, 4.69) is 35.1 Å². The summed E-state index contributed by atoms with van der Waals surface area (Å²) in [5, 5.41) is 13.8. The van der Waals surface area contributed by atoms with Gasteiger partial charge in [-0.2, -0.15) is 0 Å². The van der Waals surface area contributed by atoms with Gasteiger partial charge in [-0.3, -0.25) is 0 Å². The Bertz CT molecular complexity index is 215. The molecule has 6 heteroatoms. The normalized spacial score (nSPS) is 9.00. The Kier molecular flexibility index (Phi) is 19.9. The molecule has 4 nitrogen and oxygen atoms in total. The van der Waals surface area contributed by atoms with Crippen LogP contribution in [0.3, 0.4) is 0 Å². The zero-order valence-corrected chi connectivity index (χ0v) is 15.1. The molecule has 0 aromatic carbocycles. The van der Waals surface area contributed by atoms with Gasteiger partial charge < -0.3 is 21.3 Å². The van der Waals surface area contributed by atoms with E-state index in [4.69, 9.17) is 24.4 Å². The molecule has 120 valence electrons. The van der Waals surface area contributed by atoms with Crippen LogP contribution in [0, 0.1) is 0 Å². The first-order valence-electron chi connectivity index (χ1n) is 7.65. The molecule has 0 saturated heterocycles. The van der Waals surface area contributed by atoms with Gasteiger partial charge in [0.05, 0.1) is 0 Å². The minimum atomic E-state index is 0.745. The Balaban J connectivity index is 0. The number of unbranched alkanes of at least 4 members (excludes halogenated alkanes) is 2. The largest absolute Gasteiger partial charge is 0.363 e. The molecule has 0 atom stereocenters. The van der Waals surface area contributed by atoms with Gasteiger partial charge in [0, 0.05) is 26.2 Å². The van der Waals surface area contributed by atoms with Crippen LogP contribution < -0.4 is 21.3 Å². The Morgan fingerprint density at radius 3 is 1.30 bits per heavy atom. The molecule has 0 unspecified atom stereocenters. The van der Waals surface area contributed by atoms with Gasteiger partial charge in [0.15, 0.2) is 10.2 Å². The fraction of sp³-hybridized carbons (Fsp3) is 0.857. The van der Waals surface area contributed by atoms with Crippen LogP contribution in [0.1, 0.15) is 53.4 Å². The van der Waals surface area contributed by atoms with Gasteiger partial charge in [-0.1, -0.05) is 26.7 Å². The average molecular weight is 321 g/mol. The summed E-state index contributed by atoms with van der Waals surface area (Å²) in [5.41, 5.74) is 0. The van der Waals surface area contributed by atoms with Crippen molar-refractivity contribution < 1.29 is 0 Å². The molecule has 0 fully saturated rings. The van der Waals surface area contributed by atoms with E-state index in [9.17, 15) is 0 Å². The highest BCUT2D eigenvalue weighted by atomic mass is 32.1. The number of hydrogen-bond acceptors (Lipinski definition) is 2. The Morgan fingerprint density at radius 2 is 1.00 bits per heavy atom. The molecule has 0 aliphatic rings. The van der Waals surface area contributed by atoms with Crippen LogP contribution >= 0.6 is 24.4 Å². The lowest BCUT2D eigenvalue weighted by molar-refractivity contribution is 0.715. The van der Waals surface area contributed by atoms with Gasteiger partial charge in [-0.25, -0.2) is 0 Å². The highest BCUT2D eigenvalue weighted by molar-refractivity contribution is 7.80. The first-order chi connectivity index (χ1) is 9.62. The van der Waals surface area contributed by atoms with Crippen molar-refractivity contribution in [2.24, 2.45) is 0 Å². The van der Waals surface area contributed by atoms with Crippen molar-refractivity contribution in [1.82, 2.24) is 21.3 Å². The minimum absolute atomic E-state index is 0.745. The summed E-state index contributed by atoms with van der Waals surface area (Å²) in [6, 6.07) is 0. The Morgan fingerprint density at radius 1 is 0.650 bits per heavy atom. The zero-order chi connectivity index (χ0) is 15.6. The molecule has 0 bridgehead atoms. The zero-order valence-electron chi connectivity index (χ0n) is 13.5. The van der Waals surface area contributed by atoms with Crippen LogP contribution in [0.2, 0.25) is 0 Å². The number of rotatable bonds is 8. The van der Waals surface area contributed by atoms with Gasteiger partial charge >= 0.3 is 0 Å². The summed E-state index contributed by atoms with van der Waals surface area (Å²) in [4.78, 5) is 0. The third kappa shape index (κ3) is 19.7. The molecule has 0 aromatic rings. The second-order valence-corrected chi connectivity index (χ2v) is 5.10. The molecule has 0 rings (SSSR count).